The van der Waals surface area contributed by atoms with Crippen LogP contribution in [0.1, 0.15) is 17.5 Å². The molecule has 0 heterocycles. The fraction of sp³-hybridized carbons (Fsp3) is 0.185. The predicted octanol–water partition coefficient (Wildman–Crippen LogP) is 2.51. The SMILES string of the molecule is COC(=O)C(O)=CCC(C(=O)C=Cc1ccc(O)c(O)c1)C(OC(=O)C=Cc1ccc(O)c(O)c1)C(=O)OC. The van der Waals surface area contributed by atoms with E-state index < -0.39 is 59.4 Å². The first-order valence-electron chi connectivity index (χ1n) is 11.2. The highest BCUT2D eigenvalue weighted by Gasteiger charge is 2.36. The maximum atomic E-state index is 13.1. The predicted molar refractivity (Wildman–Crippen MR) is 135 cm³/mol. The number of methoxy groups -OCH3 is 2. The Hall–Kier alpha value is -5.26. The minimum atomic E-state index is -1.83. The number of allylic oxidation sites excluding steroid dienone is 2. The van der Waals surface area contributed by atoms with Gasteiger partial charge in [-0.15, -0.1) is 0 Å². The monoisotopic (exact) mass is 542 g/mol. The van der Waals surface area contributed by atoms with Crippen LogP contribution in [0.3, 0.4) is 0 Å². The summed E-state index contributed by atoms with van der Waals surface area (Å²) in [7, 11) is 2.01. The topological polar surface area (TPSA) is 197 Å². The molecule has 206 valence electrons. The molecule has 12 nitrogen and oxygen atoms in total. The number of carbonyl (C=O) groups excluding carboxylic acids is 4. The Balaban J connectivity index is 2.37. The summed E-state index contributed by atoms with van der Waals surface area (Å²) in [6.07, 6.45) is 3.00. The fourth-order valence-corrected chi connectivity index (χ4v) is 3.15. The van der Waals surface area contributed by atoms with Crippen LogP contribution in [0.5, 0.6) is 23.0 Å². The van der Waals surface area contributed by atoms with Crippen molar-refractivity contribution in [3.8, 4) is 23.0 Å². The van der Waals surface area contributed by atoms with Crippen molar-refractivity contribution in [2.24, 2.45) is 5.92 Å². The molecule has 0 aliphatic carbocycles. The van der Waals surface area contributed by atoms with Gasteiger partial charge in [0.2, 0.25) is 6.10 Å². The summed E-state index contributed by atoms with van der Waals surface area (Å²) >= 11 is 0. The van der Waals surface area contributed by atoms with Gasteiger partial charge in [-0.1, -0.05) is 18.2 Å². The van der Waals surface area contributed by atoms with Crippen molar-refractivity contribution in [1.82, 2.24) is 0 Å². The van der Waals surface area contributed by atoms with Crippen LogP contribution in [0.4, 0.5) is 0 Å². The lowest BCUT2D eigenvalue weighted by molar-refractivity contribution is -0.168. The maximum Gasteiger partial charge on any atom is 0.372 e. The van der Waals surface area contributed by atoms with E-state index in [1.807, 2.05) is 0 Å². The number of rotatable bonds is 11. The summed E-state index contributed by atoms with van der Waals surface area (Å²) in [5.74, 6) is -8.06. The van der Waals surface area contributed by atoms with Crippen molar-refractivity contribution in [2.45, 2.75) is 12.5 Å². The number of ether oxygens (including phenoxy) is 3. The summed E-state index contributed by atoms with van der Waals surface area (Å²) in [6, 6.07) is 7.48. The van der Waals surface area contributed by atoms with E-state index in [-0.39, 0.29) is 11.5 Å². The van der Waals surface area contributed by atoms with Gasteiger partial charge in [0.1, 0.15) is 0 Å². The van der Waals surface area contributed by atoms with Crippen molar-refractivity contribution in [3.63, 3.8) is 0 Å². The average molecular weight is 542 g/mol. The van der Waals surface area contributed by atoms with E-state index in [0.717, 1.165) is 38.5 Å². The van der Waals surface area contributed by atoms with E-state index in [4.69, 9.17) is 9.47 Å². The van der Waals surface area contributed by atoms with Crippen LogP contribution in [0.25, 0.3) is 12.2 Å². The lowest BCUT2D eigenvalue weighted by Gasteiger charge is -2.22. The molecule has 0 saturated heterocycles. The van der Waals surface area contributed by atoms with Gasteiger partial charge in [0, 0.05) is 6.08 Å². The second-order valence-electron chi connectivity index (χ2n) is 7.87. The molecule has 2 rings (SSSR count). The number of benzene rings is 2. The van der Waals surface area contributed by atoms with E-state index in [9.17, 15) is 44.7 Å². The van der Waals surface area contributed by atoms with Gasteiger partial charge in [0.15, 0.2) is 34.5 Å². The normalized spacial score (nSPS) is 13.1. The maximum absolute atomic E-state index is 13.1. The van der Waals surface area contributed by atoms with Crippen LogP contribution in [-0.2, 0) is 33.4 Å². The summed E-state index contributed by atoms with van der Waals surface area (Å²) in [6.45, 7) is 0. The molecule has 5 N–H and O–H groups in total. The molecule has 0 fully saturated rings. The van der Waals surface area contributed by atoms with Gasteiger partial charge < -0.3 is 39.7 Å². The summed E-state index contributed by atoms with van der Waals surface area (Å²) < 4.78 is 14.3. The molecule has 0 aromatic heterocycles. The number of hydrogen-bond acceptors (Lipinski definition) is 12. The van der Waals surface area contributed by atoms with Crippen LogP contribution in [0, 0.1) is 5.92 Å². The third kappa shape index (κ3) is 8.67. The van der Waals surface area contributed by atoms with Crippen LogP contribution >= 0.6 is 0 Å². The number of aliphatic hydroxyl groups is 1. The minimum absolute atomic E-state index is 0.301. The van der Waals surface area contributed by atoms with Crippen LogP contribution in [0.2, 0.25) is 0 Å². The van der Waals surface area contributed by atoms with Gasteiger partial charge in [-0.2, -0.15) is 0 Å². The molecule has 2 atom stereocenters. The first kappa shape index (κ1) is 30.0. The van der Waals surface area contributed by atoms with E-state index >= 15 is 0 Å². The van der Waals surface area contributed by atoms with Crippen LogP contribution in [-0.4, -0.2) is 69.5 Å². The number of hydrogen-bond donors (Lipinski definition) is 5. The van der Waals surface area contributed by atoms with Crippen molar-refractivity contribution in [1.29, 1.82) is 0 Å². The molecule has 0 saturated carbocycles. The number of phenols is 4. The zero-order valence-corrected chi connectivity index (χ0v) is 20.8. The molecule has 2 aromatic carbocycles. The Labute approximate surface area is 222 Å². The summed E-state index contributed by atoms with van der Waals surface area (Å²) in [5, 5.41) is 47.9. The number of carbonyl (C=O) groups is 4. The van der Waals surface area contributed by atoms with Gasteiger partial charge in [-0.25, -0.2) is 14.4 Å². The first-order valence-corrected chi connectivity index (χ1v) is 11.2. The lowest BCUT2D eigenvalue weighted by atomic mass is 9.92. The van der Waals surface area contributed by atoms with E-state index in [1.54, 1.807) is 0 Å². The molecule has 2 aromatic rings. The van der Waals surface area contributed by atoms with E-state index in [2.05, 4.69) is 4.74 Å². The largest absolute Gasteiger partial charge is 0.504 e. The molecule has 0 amide bonds. The van der Waals surface area contributed by atoms with Crippen molar-refractivity contribution in [3.05, 3.63) is 71.5 Å². The molecular weight excluding hydrogens is 516 g/mol. The highest BCUT2D eigenvalue weighted by molar-refractivity contribution is 5.99. The Morgan fingerprint density at radius 2 is 1.33 bits per heavy atom. The molecule has 39 heavy (non-hydrogen) atoms. The summed E-state index contributed by atoms with van der Waals surface area (Å²) in [5.41, 5.74) is 0.604. The van der Waals surface area contributed by atoms with E-state index in [1.165, 1.54) is 42.5 Å². The zero-order valence-electron chi connectivity index (χ0n) is 20.8. The van der Waals surface area contributed by atoms with Gasteiger partial charge in [0.25, 0.3) is 0 Å². The fourth-order valence-electron chi connectivity index (χ4n) is 3.15. The standard InChI is InChI=1S/C27H26O12/c1-37-26(35)21(31)11-7-17(18(28)8-3-15-4-9-19(29)22(32)13-15)25(27(36)38-2)39-24(34)12-6-16-5-10-20(30)23(33)14-16/h3-6,8-14,17,25,29-33H,7H2,1-2H3. The Kier molecular flexibility index (Phi) is 10.7. The van der Waals surface area contributed by atoms with Crippen molar-refractivity contribution < 1.29 is 58.9 Å². The number of esters is 3. The second-order valence-corrected chi connectivity index (χ2v) is 7.87. The Morgan fingerprint density at radius 3 is 1.82 bits per heavy atom. The summed E-state index contributed by atoms with van der Waals surface area (Å²) in [4.78, 5) is 49.7. The van der Waals surface area contributed by atoms with Crippen LogP contribution in [0.15, 0.2) is 60.4 Å². The molecule has 0 spiro atoms. The highest BCUT2D eigenvalue weighted by atomic mass is 16.6. The van der Waals surface area contributed by atoms with Gasteiger partial charge >= 0.3 is 17.9 Å². The molecular formula is C27H26O12. The molecule has 0 aliphatic heterocycles. The van der Waals surface area contributed by atoms with Gasteiger partial charge in [-0.3, -0.25) is 4.79 Å². The second kappa shape index (κ2) is 13.9. The van der Waals surface area contributed by atoms with E-state index in [0.29, 0.717) is 11.1 Å². The van der Waals surface area contributed by atoms with Crippen LogP contribution < -0.4 is 0 Å². The van der Waals surface area contributed by atoms with Crippen molar-refractivity contribution in [2.75, 3.05) is 14.2 Å². The third-order valence-corrected chi connectivity index (χ3v) is 5.22. The molecule has 2 unspecified atom stereocenters. The molecule has 0 aliphatic rings. The average Bonchev–Trinajstić information content (AvgIpc) is 2.92. The number of phenolic OH excluding ortho intramolecular Hbond substituents is 4. The lowest BCUT2D eigenvalue weighted by Crippen LogP contribution is -2.38. The number of aliphatic hydroxyl groups excluding tert-OH is 1. The molecule has 0 radical (unpaired) electrons. The zero-order chi connectivity index (χ0) is 29.1. The Morgan fingerprint density at radius 1 is 0.795 bits per heavy atom. The third-order valence-electron chi connectivity index (χ3n) is 5.22. The molecule has 0 bridgehead atoms. The Bertz CT molecular complexity index is 1320. The quantitative estimate of drug-likeness (QED) is 0.0916. The molecule has 12 heteroatoms. The van der Waals surface area contributed by atoms with Gasteiger partial charge in [-0.05, 0) is 60.0 Å². The number of aromatic hydroxyl groups is 4. The first-order chi connectivity index (χ1) is 18.5. The van der Waals surface area contributed by atoms with Crippen molar-refractivity contribution >= 4 is 35.8 Å². The smallest absolute Gasteiger partial charge is 0.372 e. The minimum Gasteiger partial charge on any atom is -0.504 e. The van der Waals surface area contributed by atoms with Gasteiger partial charge in [0.05, 0.1) is 20.1 Å². The highest BCUT2D eigenvalue weighted by Crippen LogP contribution is 2.27. The number of ketones is 1.